The average molecular weight is 280 g/mol. The summed E-state index contributed by atoms with van der Waals surface area (Å²) in [6, 6.07) is 14.5. The maximum absolute atomic E-state index is 4.59. The Morgan fingerprint density at radius 3 is 2.81 bits per heavy atom. The molecule has 1 N–H and O–H groups in total. The quantitative estimate of drug-likeness (QED) is 0.795. The van der Waals surface area contributed by atoms with Gasteiger partial charge in [0.2, 0.25) is 0 Å². The van der Waals surface area contributed by atoms with Crippen LogP contribution in [0, 0.1) is 6.92 Å². The van der Waals surface area contributed by atoms with Gasteiger partial charge in [-0.05, 0) is 37.3 Å². The van der Waals surface area contributed by atoms with E-state index in [2.05, 4.69) is 57.0 Å². The third-order valence-corrected chi connectivity index (χ3v) is 3.65. The summed E-state index contributed by atoms with van der Waals surface area (Å²) in [6.45, 7) is 2.81. The fraction of sp³-hybridized carbons (Fsp3) is 0.235. The Balaban J connectivity index is 1.83. The number of hydrogen-bond donors (Lipinski definition) is 1. The predicted octanol–water partition coefficient (Wildman–Crippen LogP) is 3.32. The van der Waals surface area contributed by atoms with Gasteiger partial charge in [-0.2, -0.15) is 0 Å². The lowest BCUT2D eigenvalue weighted by Crippen LogP contribution is -2.09. The van der Waals surface area contributed by atoms with Gasteiger partial charge in [-0.25, -0.2) is 4.98 Å². The molecule has 0 unspecified atom stereocenters. The molecule has 0 atom stereocenters. The van der Waals surface area contributed by atoms with Gasteiger partial charge in [0.25, 0.3) is 0 Å². The molecule has 0 spiro atoms. The largest absolute Gasteiger partial charge is 0.379 e. The van der Waals surface area contributed by atoms with Crippen molar-refractivity contribution in [1.29, 1.82) is 0 Å². The van der Waals surface area contributed by atoms with Gasteiger partial charge in [0.1, 0.15) is 5.65 Å². The summed E-state index contributed by atoms with van der Waals surface area (Å²) in [7, 11) is 4.10. The Kier molecular flexibility index (Phi) is 3.52. The van der Waals surface area contributed by atoms with Crippen LogP contribution in [0.25, 0.3) is 5.65 Å². The summed E-state index contributed by atoms with van der Waals surface area (Å²) >= 11 is 0. The first-order valence-electron chi connectivity index (χ1n) is 7.09. The van der Waals surface area contributed by atoms with Crippen molar-refractivity contribution >= 4 is 17.0 Å². The number of nitrogens with one attached hydrogen (secondary N) is 1. The maximum Gasteiger partial charge on any atom is 0.137 e. The molecule has 0 aliphatic heterocycles. The predicted molar refractivity (Wildman–Crippen MR) is 88.0 cm³/mol. The van der Waals surface area contributed by atoms with Crippen LogP contribution in [0.5, 0.6) is 0 Å². The zero-order chi connectivity index (χ0) is 14.8. The summed E-state index contributed by atoms with van der Waals surface area (Å²) in [5.74, 6) is 0. The number of imidazole rings is 1. The molecule has 0 amide bonds. The highest BCUT2D eigenvalue weighted by Gasteiger charge is 2.07. The van der Waals surface area contributed by atoms with Gasteiger partial charge in [-0.1, -0.05) is 12.1 Å². The van der Waals surface area contributed by atoms with Gasteiger partial charge in [-0.3, -0.25) is 0 Å². The number of nitrogens with zero attached hydrogens (tertiary/aromatic N) is 3. The second-order valence-electron chi connectivity index (χ2n) is 5.37. The molecule has 4 heteroatoms. The minimum atomic E-state index is 0.758. The standard InChI is InChI=1S/C17H20N4/c1-13-16(21-10-5-4-9-17(21)19-13)12-18-14-7-6-8-15(11-14)20(2)3/h4-11,18H,12H2,1-3H3. The first-order valence-corrected chi connectivity index (χ1v) is 7.09. The van der Waals surface area contributed by atoms with Crippen LogP contribution < -0.4 is 10.2 Å². The van der Waals surface area contributed by atoms with E-state index >= 15 is 0 Å². The second-order valence-corrected chi connectivity index (χ2v) is 5.37. The summed E-state index contributed by atoms with van der Waals surface area (Å²) in [4.78, 5) is 6.69. The molecule has 0 saturated carbocycles. The molecule has 0 saturated heterocycles. The van der Waals surface area contributed by atoms with Crippen LogP contribution in [-0.2, 0) is 6.54 Å². The van der Waals surface area contributed by atoms with Gasteiger partial charge in [0.15, 0.2) is 0 Å². The third-order valence-electron chi connectivity index (χ3n) is 3.65. The topological polar surface area (TPSA) is 32.6 Å². The minimum absolute atomic E-state index is 0.758. The van der Waals surface area contributed by atoms with Crippen molar-refractivity contribution in [3.63, 3.8) is 0 Å². The first kappa shape index (κ1) is 13.5. The number of aryl methyl sites for hydroxylation is 1. The smallest absolute Gasteiger partial charge is 0.137 e. The summed E-state index contributed by atoms with van der Waals surface area (Å²) in [5.41, 5.74) is 5.56. The highest BCUT2D eigenvalue weighted by Crippen LogP contribution is 2.19. The maximum atomic E-state index is 4.59. The molecule has 1 aromatic carbocycles. The van der Waals surface area contributed by atoms with Crippen molar-refractivity contribution in [3.05, 3.63) is 60.0 Å². The summed E-state index contributed by atoms with van der Waals surface area (Å²) in [5, 5.41) is 3.49. The van der Waals surface area contributed by atoms with Crippen LogP contribution >= 0.6 is 0 Å². The van der Waals surface area contributed by atoms with E-state index in [1.807, 2.05) is 32.3 Å². The van der Waals surface area contributed by atoms with Crippen molar-refractivity contribution in [2.45, 2.75) is 13.5 Å². The van der Waals surface area contributed by atoms with Crippen molar-refractivity contribution < 1.29 is 0 Å². The summed E-state index contributed by atoms with van der Waals surface area (Å²) in [6.07, 6.45) is 2.06. The Labute approximate surface area is 125 Å². The van der Waals surface area contributed by atoms with Crippen molar-refractivity contribution in [3.8, 4) is 0 Å². The lowest BCUT2D eigenvalue weighted by atomic mass is 10.2. The molecule has 108 valence electrons. The Hall–Kier alpha value is -2.49. The number of anilines is 2. The lowest BCUT2D eigenvalue weighted by molar-refractivity contribution is 0.986. The SMILES string of the molecule is Cc1nc2ccccn2c1CNc1cccc(N(C)C)c1. The highest BCUT2D eigenvalue weighted by atomic mass is 15.1. The molecule has 0 bridgehead atoms. The van der Waals surface area contributed by atoms with E-state index in [9.17, 15) is 0 Å². The monoisotopic (exact) mass is 280 g/mol. The number of pyridine rings is 1. The van der Waals surface area contributed by atoms with Gasteiger partial charge in [0, 0.05) is 31.7 Å². The molecule has 0 aliphatic carbocycles. The number of rotatable bonds is 4. The van der Waals surface area contributed by atoms with E-state index in [-0.39, 0.29) is 0 Å². The molecule has 4 nitrogen and oxygen atoms in total. The van der Waals surface area contributed by atoms with Gasteiger partial charge in [-0.15, -0.1) is 0 Å². The lowest BCUT2D eigenvalue weighted by Gasteiger charge is -2.14. The average Bonchev–Trinajstić information content (AvgIpc) is 2.81. The normalized spacial score (nSPS) is 10.8. The molecule has 0 radical (unpaired) electrons. The van der Waals surface area contributed by atoms with Crippen LogP contribution in [0.1, 0.15) is 11.4 Å². The molecular weight excluding hydrogens is 260 g/mol. The Bertz CT molecular complexity index is 758. The molecule has 21 heavy (non-hydrogen) atoms. The van der Waals surface area contributed by atoms with E-state index in [0.29, 0.717) is 0 Å². The van der Waals surface area contributed by atoms with Gasteiger partial charge in [0.05, 0.1) is 17.9 Å². The van der Waals surface area contributed by atoms with Crippen molar-refractivity contribution in [2.75, 3.05) is 24.3 Å². The Morgan fingerprint density at radius 2 is 2.00 bits per heavy atom. The van der Waals surface area contributed by atoms with Gasteiger partial charge >= 0.3 is 0 Å². The van der Waals surface area contributed by atoms with E-state index in [4.69, 9.17) is 0 Å². The van der Waals surface area contributed by atoms with Crippen LogP contribution in [0.3, 0.4) is 0 Å². The first-order chi connectivity index (χ1) is 10.1. The number of hydrogen-bond acceptors (Lipinski definition) is 3. The molecule has 3 rings (SSSR count). The van der Waals surface area contributed by atoms with Crippen molar-refractivity contribution in [1.82, 2.24) is 9.38 Å². The van der Waals surface area contributed by atoms with E-state index in [0.717, 1.165) is 23.6 Å². The third kappa shape index (κ3) is 2.70. The fourth-order valence-corrected chi connectivity index (χ4v) is 2.46. The summed E-state index contributed by atoms with van der Waals surface area (Å²) < 4.78 is 2.14. The zero-order valence-corrected chi connectivity index (χ0v) is 12.7. The zero-order valence-electron chi connectivity index (χ0n) is 12.7. The fourth-order valence-electron chi connectivity index (χ4n) is 2.46. The van der Waals surface area contributed by atoms with E-state index in [1.54, 1.807) is 0 Å². The van der Waals surface area contributed by atoms with Crippen LogP contribution in [0.2, 0.25) is 0 Å². The van der Waals surface area contributed by atoms with Crippen LogP contribution in [0.4, 0.5) is 11.4 Å². The number of fused-ring (bicyclic) bond motifs is 1. The Morgan fingerprint density at radius 1 is 1.14 bits per heavy atom. The second kappa shape index (κ2) is 5.48. The molecular formula is C17H20N4. The van der Waals surface area contributed by atoms with Gasteiger partial charge < -0.3 is 14.6 Å². The van der Waals surface area contributed by atoms with Crippen LogP contribution in [0.15, 0.2) is 48.7 Å². The van der Waals surface area contributed by atoms with Crippen molar-refractivity contribution in [2.24, 2.45) is 0 Å². The number of aromatic nitrogens is 2. The van der Waals surface area contributed by atoms with E-state index < -0.39 is 0 Å². The molecule has 0 fully saturated rings. The molecule has 0 aliphatic rings. The number of benzene rings is 1. The highest BCUT2D eigenvalue weighted by molar-refractivity contribution is 5.57. The van der Waals surface area contributed by atoms with E-state index in [1.165, 1.54) is 11.4 Å². The minimum Gasteiger partial charge on any atom is -0.379 e. The van der Waals surface area contributed by atoms with Crippen LogP contribution in [-0.4, -0.2) is 23.5 Å². The molecule has 2 heterocycles. The molecule has 2 aromatic heterocycles. The molecule has 3 aromatic rings.